The topological polar surface area (TPSA) is 0 Å². The molecule has 2 aromatic rings. The molecule has 19 heavy (non-hydrogen) atoms. The van der Waals surface area contributed by atoms with Crippen LogP contribution in [0.2, 0.25) is 0 Å². The average molecular weight is 242 g/mol. The summed E-state index contributed by atoms with van der Waals surface area (Å²) >= 11 is 0. The summed E-state index contributed by atoms with van der Waals surface area (Å²) in [5.74, 6) is 0. The first kappa shape index (κ1) is 10.6. The lowest BCUT2D eigenvalue weighted by Gasteiger charge is -2.06. The van der Waals surface area contributed by atoms with E-state index in [9.17, 15) is 0 Å². The number of fused-ring (bicyclic) bond motifs is 2. The van der Waals surface area contributed by atoms with Gasteiger partial charge in [0, 0.05) is 0 Å². The van der Waals surface area contributed by atoms with Crippen LogP contribution in [0.4, 0.5) is 0 Å². The molecule has 0 saturated heterocycles. The molecule has 0 bridgehead atoms. The van der Waals surface area contributed by atoms with Crippen LogP contribution >= 0.6 is 0 Å². The molecule has 0 heterocycles. The second kappa shape index (κ2) is 3.83. The first-order chi connectivity index (χ1) is 9.34. The molecule has 0 aliphatic heterocycles. The Morgan fingerprint density at radius 1 is 0.895 bits per heavy atom. The summed E-state index contributed by atoms with van der Waals surface area (Å²) in [6.07, 6.45) is 7.63. The van der Waals surface area contributed by atoms with E-state index in [2.05, 4.69) is 67.3 Å². The van der Waals surface area contributed by atoms with E-state index < -0.39 is 0 Å². The molecular formula is C19H14. The highest BCUT2D eigenvalue weighted by Gasteiger charge is 2.16. The minimum Gasteiger partial charge on any atom is -0.0917 e. The van der Waals surface area contributed by atoms with E-state index in [-0.39, 0.29) is 0 Å². The fraction of sp³-hybridized carbons (Fsp3) is 0.0526. The lowest BCUT2D eigenvalue weighted by atomic mass is 9.97. The second-order valence-corrected chi connectivity index (χ2v) is 5.12. The number of hydrogen-bond donors (Lipinski definition) is 0. The van der Waals surface area contributed by atoms with Gasteiger partial charge in [0.2, 0.25) is 0 Å². The van der Waals surface area contributed by atoms with Gasteiger partial charge < -0.3 is 0 Å². The van der Waals surface area contributed by atoms with Gasteiger partial charge in [-0.05, 0) is 50.1 Å². The molecule has 0 radical (unpaired) electrons. The standard InChI is InChI=1S/C19H14/c1-13-10-11-16-15-8-4-5-9-17(15)19(18(16)12-13)14-6-2-3-7-14/h2-6,8-12H,1,7H2. The molecule has 0 N–H and O–H groups in total. The summed E-state index contributed by atoms with van der Waals surface area (Å²) in [5.41, 5.74) is 4.14. The fourth-order valence-electron chi connectivity index (χ4n) is 3.09. The Balaban J connectivity index is 2.21. The van der Waals surface area contributed by atoms with E-state index in [4.69, 9.17) is 0 Å². The van der Waals surface area contributed by atoms with Crippen molar-refractivity contribution in [1.29, 1.82) is 0 Å². The molecule has 2 aromatic carbocycles. The van der Waals surface area contributed by atoms with Gasteiger partial charge in [-0.1, -0.05) is 61.2 Å². The third kappa shape index (κ3) is 1.47. The minimum absolute atomic E-state index is 1.03. The highest BCUT2D eigenvalue weighted by Crippen LogP contribution is 2.29. The normalized spacial score (nSPS) is 15.4. The van der Waals surface area contributed by atoms with Gasteiger partial charge in [-0.3, -0.25) is 0 Å². The SMILES string of the molecule is C=c1ccc2c(c1)C(C1=CC=CC1)=c1ccccc1=2. The van der Waals surface area contributed by atoms with Gasteiger partial charge in [0.05, 0.1) is 0 Å². The third-order valence-electron chi connectivity index (χ3n) is 3.93. The molecule has 2 aliphatic rings. The minimum atomic E-state index is 1.03. The zero-order valence-electron chi connectivity index (χ0n) is 10.7. The average Bonchev–Trinajstić information content (AvgIpc) is 3.03. The number of hydrogen-bond acceptors (Lipinski definition) is 0. The van der Waals surface area contributed by atoms with E-state index in [1.165, 1.54) is 32.4 Å². The first-order valence-corrected chi connectivity index (χ1v) is 6.64. The fourth-order valence-corrected chi connectivity index (χ4v) is 3.09. The zero-order valence-corrected chi connectivity index (χ0v) is 10.7. The van der Waals surface area contributed by atoms with Crippen molar-refractivity contribution in [2.45, 2.75) is 6.42 Å². The lowest BCUT2D eigenvalue weighted by Crippen LogP contribution is -2.06. The number of allylic oxidation sites excluding steroid dienone is 4. The van der Waals surface area contributed by atoms with Gasteiger partial charge in [-0.25, -0.2) is 0 Å². The monoisotopic (exact) mass is 242 g/mol. The van der Waals surface area contributed by atoms with Crippen LogP contribution in [0.3, 0.4) is 0 Å². The lowest BCUT2D eigenvalue weighted by molar-refractivity contribution is 1.33. The van der Waals surface area contributed by atoms with Crippen molar-refractivity contribution < 1.29 is 0 Å². The maximum absolute atomic E-state index is 4.07. The van der Waals surface area contributed by atoms with Crippen molar-refractivity contribution in [2.24, 2.45) is 0 Å². The largest absolute Gasteiger partial charge is 0.0917 e. The second-order valence-electron chi connectivity index (χ2n) is 5.12. The van der Waals surface area contributed by atoms with Gasteiger partial charge in [-0.15, -0.1) is 0 Å². The highest BCUT2D eigenvalue weighted by molar-refractivity contribution is 5.82. The molecule has 0 aromatic heterocycles. The van der Waals surface area contributed by atoms with Crippen LogP contribution in [0.15, 0.2) is 66.3 Å². The summed E-state index contributed by atoms with van der Waals surface area (Å²) in [6.45, 7) is 4.07. The molecule has 90 valence electrons. The summed E-state index contributed by atoms with van der Waals surface area (Å²) in [5, 5.41) is 5.12. The summed E-state index contributed by atoms with van der Waals surface area (Å²) in [7, 11) is 0. The van der Waals surface area contributed by atoms with Crippen molar-refractivity contribution in [2.75, 3.05) is 0 Å². The highest BCUT2D eigenvalue weighted by atomic mass is 14.2. The van der Waals surface area contributed by atoms with E-state index in [0.717, 1.165) is 11.6 Å². The molecule has 0 amide bonds. The molecule has 0 saturated carbocycles. The molecule has 2 aliphatic carbocycles. The Labute approximate surface area is 112 Å². The van der Waals surface area contributed by atoms with Crippen molar-refractivity contribution in [3.8, 4) is 0 Å². The first-order valence-electron chi connectivity index (χ1n) is 6.64. The Morgan fingerprint density at radius 3 is 2.53 bits per heavy atom. The molecular weight excluding hydrogens is 228 g/mol. The molecule has 0 heteroatoms. The van der Waals surface area contributed by atoms with Crippen molar-refractivity contribution in [3.05, 3.63) is 92.7 Å². The maximum Gasteiger partial charge on any atom is -0.00635 e. The summed E-state index contributed by atoms with van der Waals surface area (Å²) in [6, 6.07) is 15.2. The van der Waals surface area contributed by atoms with E-state index in [1.807, 2.05) is 0 Å². The van der Waals surface area contributed by atoms with Crippen molar-refractivity contribution >= 4 is 12.2 Å². The molecule has 0 unspecified atom stereocenters. The van der Waals surface area contributed by atoms with Crippen LogP contribution in [0, 0.1) is 10.4 Å². The van der Waals surface area contributed by atoms with Crippen LogP contribution in [-0.2, 0) is 0 Å². The van der Waals surface area contributed by atoms with Gasteiger partial charge in [-0.2, -0.15) is 0 Å². The molecule has 0 fully saturated rings. The van der Waals surface area contributed by atoms with E-state index in [0.29, 0.717) is 0 Å². The number of benzene rings is 2. The summed E-state index contributed by atoms with van der Waals surface area (Å²) in [4.78, 5) is 0. The Kier molecular flexibility index (Phi) is 2.13. The quantitative estimate of drug-likeness (QED) is 0.721. The van der Waals surface area contributed by atoms with Crippen LogP contribution in [0.1, 0.15) is 12.0 Å². The van der Waals surface area contributed by atoms with Gasteiger partial charge >= 0.3 is 0 Å². The third-order valence-corrected chi connectivity index (χ3v) is 3.93. The Bertz CT molecular complexity index is 940. The Morgan fingerprint density at radius 2 is 1.74 bits per heavy atom. The van der Waals surface area contributed by atoms with Crippen LogP contribution in [0.5, 0.6) is 0 Å². The maximum atomic E-state index is 4.07. The van der Waals surface area contributed by atoms with Crippen molar-refractivity contribution in [3.63, 3.8) is 0 Å². The van der Waals surface area contributed by atoms with E-state index in [1.54, 1.807) is 0 Å². The predicted octanol–water partition coefficient (Wildman–Crippen LogP) is 2.78. The predicted molar refractivity (Wildman–Crippen MR) is 79.7 cm³/mol. The zero-order chi connectivity index (χ0) is 12.8. The van der Waals surface area contributed by atoms with Gasteiger partial charge in [0.25, 0.3) is 0 Å². The van der Waals surface area contributed by atoms with Gasteiger partial charge in [0.15, 0.2) is 0 Å². The molecule has 4 rings (SSSR count). The van der Waals surface area contributed by atoms with Gasteiger partial charge in [0.1, 0.15) is 0 Å². The van der Waals surface area contributed by atoms with Crippen LogP contribution < -0.4 is 10.4 Å². The molecule has 0 spiro atoms. The number of rotatable bonds is 1. The van der Waals surface area contributed by atoms with Crippen LogP contribution in [-0.4, -0.2) is 0 Å². The summed E-state index contributed by atoms with van der Waals surface area (Å²) < 4.78 is 0. The Hall–Kier alpha value is -2.34. The molecule has 0 atom stereocenters. The van der Waals surface area contributed by atoms with Crippen molar-refractivity contribution in [1.82, 2.24) is 0 Å². The molecule has 0 nitrogen and oxygen atoms in total. The van der Waals surface area contributed by atoms with E-state index >= 15 is 0 Å². The smallest absolute Gasteiger partial charge is 0.00635 e. The van der Waals surface area contributed by atoms with Crippen LogP contribution in [0.25, 0.3) is 12.2 Å².